The fourth-order valence-electron chi connectivity index (χ4n) is 6.25. The lowest BCUT2D eigenvalue weighted by Crippen LogP contribution is -2.64. The monoisotopic (exact) mass is 617 g/mol. The molecule has 0 spiro atoms. The van der Waals surface area contributed by atoms with Crippen LogP contribution < -0.4 is 8.91 Å². The fourth-order valence-corrected chi connectivity index (χ4v) is 8.18. The van der Waals surface area contributed by atoms with Crippen molar-refractivity contribution < 1.29 is 65.3 Å². The number of carbonyl (C=O) groups excluding carboxylic acids is 1. The SMILES string of the molecule is O=C(NS(=O)(=O)C(F)(F)C(F)(F)C(F)(F)S(=O)(=O)Oc1ccc(C23CC4CC(CC(C4)C2)C3)cc1)C(F)(F)F. The minimum absolute atomic E-state index is 0.250. The van der Waals surface area contributed by atoms with Gasteiger partial charge in [0.2, 0.25) is 0 Å². The highest BCUT2D eigenvalue weighted by atomic mass is 32.2. The van der Waals surface area contributed by atoms with Crippen molar-refractivity contribution in [2.75, 3.05) is 0 Å². The molecule has 18 heteroatoms. The summed E-state index contributed by atoms with van der Waals surface area (Å²) in [7, 11) is -14.6. The number of benzene rings is 1. The first-order valence-corrected chi connectivity index (χ1v) is 14.3. The van der Waals surface area contributed by atoms with E-state index in [9.17, 15) is 61.1 Å². The van der Waals surface area contributed by atoms with E-state index < -0.39 is 59.1 Å². The van der Waals surface area contributed by atoms with Gasteiger partial charge in [0.25, 0.3) is 0 Å². The predicted molar refractivity (Wildman–Crippen MR) is 114 cm³/mol. The molecule has 4 saturated carbocycles. The normalized spacial score (nSPS) is 27.9. The molecule has 0 heterocycles. The van der Waals surface area contributed by atoms with Crippen LogP contribution in [0.15, 0.2) is 24.3 Å². The van der Waals surface area contributed by atoms with Gasteiger partial charge in [-0.1, -0.05) is 12.1 Å². The van der Waals surface area contributed by atoms with E-state index in [2.05, 4.69) is 4.18 Å². The van der Waals surface area contributed by atoms with E-state index in [1.807, 2.05) is 0 Å². The molecular formula is C21H20F9NO6S2. The molecule has 4 fully saturated rings. The third-order valence-corrected chi connectivity index (χ3v) is 10.3. The van der Waals surface area contributed by atoms with Crippen LogP contribution in [0.3, 0.4) is 0 Å². The van der Waals surface area contributed by atoms with Crippen LogP contribution >= 0.6 is 0 Å². The van der Waals surface area contributed by atoms with E-state index in [4.69, 9.17) is 0 Å². The molecule has 0 unspecified atom stereocenters. The van der Waals surface area contributed by atoms with Gasteiger partial charge in [-0.3, -0.25) is 4.79 Å². The molecule has 220 valence electrons. The molecule has 0 radical (unpaired) electrons. The highest BCUT2D eigenvalue weighted by Gasteiger charge is 2.83. The average Bonchev–Trinajstić information content (AvgIpc) is 2.77. The van der Waals surface area contributed by atoms with Gasteiger partial charge in [0.15, 0.2) is 0 Å². The Balaban J connectivity index is 1.56. The van der Waals surface area contributed by atoms with Crippen molar-refractivity contribution in [1.29, 1.82) is 0 Å². The minimum Gasteiger partial charge on any atom is -0.378 e. The van der Waals surface area contributed by atoms with Crippen molar-refractivity contribution in [2.45, 2.75) is 66.5 Å². The summed E-state index contributed by atoms with van der Waals surface area (Å²) in [5.41, 5.74) is 0.474. The molecule has 1 N–H and O–H groups in total. The summed E-state index contributed by atoms with van der Waals surface area (Å²) in [6.45, 7) is 0. The van der Waals surface area contributed by atoms with Gasteiger partial charge in [-0.2, -0.15) is 56.3 Å². The Kier molecular flexibility index (Phi) is 6.77. The second-order valence-corrected chi connectivity index (χ2v) is 13.6. The first-order valence-electron chi connectivity index (χ1n) is 11.4. The molecule has 4 bridgehead atoms. The van der Waals surface area contributed by atoms with E-state index in [1.165, 1.54) is 12.1 Å². The van der Waals surface area contributed by atoms with Crippen LogP contribution in [0.25, 0.3) is 0 Å². The number of rotatable bonds is 8. The standard InChI is InChI=1S/C21H20F9NO6S2/c22-18(23,24)16(32)31-38(33,34)20(27,28)19(25,26)21(29,30)39(35,36)37-15-3-1-14(2-4-15)17-8-11-5-12(9-17)7-13(6-11)10-17/h1-4,11-13H,5-10H2,(H,31,32). The van der Waals surface area contributed by atoms with Crippen LogP contribution in [-0.4, -0.2) is 45.4 Å². The number of amides is 1. The highest BCUT2D eigenvalue weighted by molar-refractivity contribution is 7.91. The second-order valence-electron chi connectivity index (χ2n) is 10.3. The van der Waals surface area contributed by atoms with E-state index in [1.54, 1.807) is 0 Å². The molecule has 5 rings (SSSR count). The number of hydrogen-bond donors (Lipinski definition) is 1. The number of halogens is 9. The van der Waals surface area contributed by atoms with Crippen LogP contribution in [0.5, 0.6) is 5.75 Å². The topological polar surface area (TPSA) is 107 Å². The fraction of sp³-hybridized carbons (Fsp3) is 0.667. The maximum absolute atomic E-state index is 14.3. The van der Waals surface area contributed by atoms with Crippen molar-refractivity contribution in [1.82, 2.24) is 4.72 Å². The Morgan fingerprint density at radius 2 is 1.21 bits per heavy atom. The summed E-state index contributed by atoms with van der Waals surface area (Å²) in [4.78, 5) is 10.6. The summed E-state index contributed by atoms with van der Waals surface area (Å²) < 4.78 is 172. The van der Waals surface area contributed by atoms with E-state index in [0.29, 0.717) is 17.8 Å². The van der Waals surface area contributed by atoms with Gasteiger partial charge < -0.3 is 4.18 Å². The Bertz CT molecular complexity index is 1320. The van der Waals surface area contributed by atoms with Gasteiger partial charge in [-0.25, -0.2) is 4.72 Å². The number of alkyl halides is 9. The summed E-state index contributed by atoms with van der Waals surface area (Å²) >= 11 is 0. The predicted octanol–water partition coefficient (Wildman–Crippen LogP) is 4.69. The molecule has 4 aliphatic carbocycles. The Morgan fingerprint density at radius 1 is 0.769 bits per heavy atom. The summed E-state index contributed by atoms with van der Waals surface area (Å²) in [6.07, 6.45) is -0.409. The zero-order chi connectivity index (χ0) is 29.4. The van der Waals surface area contributed by atoms with Crippen LogP contribution in [0, 0.1) is 17.8 Å². The molecule has 1 aromatic rings. The van der Waals surface area contributed by atoms with Crippen molar-refractivity contribution in [2.24, 2.45) is 17.8 Å². The van der Waals surface area contributed by atoms with Gasteiger partial charge in [-0.05, 0) is 79.4 Å². The van der Waals surface area contributed by atoms with Crippen LogP contribution in [0.1, 0.15) is 44.1 Å². The van der Waals surface area contributed by atoms with Gasteiger partial charge in [-0.15, -0.1) is 0 Å². The van der Waals surface area contributed by atoms with Gasteiger partial charge in [0.05, 0.1) is 0 Å². The minimum atomic E-state index is -7.55. The average molecular weight is 618 g/mol. The smallest absolute Gasteiger partial charge is 0.378 e. The first-order chi connectivity index (χ1) is 17.5. The van der Waals surface area contributed by atoms with Crippen molar-refractivity contribution in [3.05, 3.63) is 29.8 Å². The molecular weight excluding hydrogens is 597 g/mol. The number of carbonyl (C=O) groups is 1. The van der Waals surface area contributed by atoms with Crippen LogP contribution in [0.4, 0.5) is 39.5 Å². The molecule has 4 aliphatic rings. The zero-order valence-electron chi connectivity index (χ0n) is 19.5. The van der Waals surface area contributed by atoms with Crippen LogP contribution in [0.2, 0.25) is 0 Å². The van der Waals surface area contributed by atoms with Crippen molar-refractivity contribution in [3.8, 4) is 5.75 Å². The van der Waals surface area contributed by atoms with Gasteiger partial charge in [0, 0.05) is 0 Å². The Hall–Kier alpha value is -2.24. The van der Waals surface area contributed by atoms with Crippen molar-refractivity contribution in [3.63, 3.8) is 0 Å². The Labute approximate surface area is 216 Å². The molecule has 0 saturated heterocycles. The zero-order valence-corrected chi connectivity index (χ0v) is 21.1. The molecule has 39 heavy (non-hydrogen) atoms. The number of sulfonamides is 1. The van der Waals surface area contributed by atoms with E-state index >= 15 is 0 Å². The molecule has 1 aromatic carbocycles. The Morgan fingerprint density at radius 3 is 1.62 bits per heavy atom. The number of hydrogen-bond acceptors (Lipinski definition) is 6. The van der Waals surface area contributed by atoms with E-state index in [0.717, 1.165) is 56.2 Å². The maximum Gasteiger partial charge on any atom is 0.472 e. The maximum atomic E-state index is 14.3. The summed E-state index contributed by atoms with van der Waals surface area (Å²) in [5.74, 6) is -10.6. The van der Waals surface area contributed by atoms with Gasteiger partial charge >= 0.3 is 48.7 Å². The lowest BCUT2D eigenvalue weighted by atomic mass is 9.48. The molecule has 7 nitrogen and oxygen atoms in total. The largest absolute Gasteiger partial charge is 0.472 e. The molecule has 0 aliphatic heterocycles. The lowest BCUT2D eigenvalue weighted by molar-refractivity contribution is -0.245. The summed E-state index contributed by atoms with van der Waals surface area (Å²) in [5, 5.41) is -14.2. The highest BCUT2D eigenvalue weighted by Crippen LogP contribution is 2.61. The second kappa shape index (κ2) is 8.88. The molecule has 0 atom stereocenters. The van der Waals surface area contributed by atoms with Crippen LogP contribution in [-0.2, 0) is 30.4 Å². The van der Waals surface area contributed by atoms with E-state index in [-0.39, 0.29) is 5.41 Å². The quantitative estimate of drug-likeness (QED) is 0.335. The third-order valence-electron chi connectivity index (χ3n) is 7.58. The molecule has 1 amide bonds. The summed E-state index contributed by atoms with van der Waals surface area (Å²) in [6, 6.07) is 4.36. The molecule has 0 aromatic heterocycles. The van der Waals surface area contributed by atoms with Gasteiger partial charge in [0.1, 0.15) is 5.75 Å². The van der Waals surface area contributed by atoms with Crippen molar-refractivity contribution >= 4 is 26.0 Å². The number of nitrogens with one attached hydrogen (secondary N) is 1. The first kappa shape index (κ1) is 29.7. The lowest BCUT2D eigenvalue weighted by Gasteiger charge is -2.57. The third kappa shape index (κ3) is 4.74.